The quantitative estimate of drug-likeness (QED) is 0.457. The van der Waals surface area contributed by atoms with Crippen LogP contribution >= 0.6 is 11.6 Å². The molecule has 0 saturated heterocycles. The molecule has 0 atom stereocenters. The average Bonchev–Trinajstić information content (AvgIpc) is 2.81. The van der Waals surface area contributed by atoms with E-state index in [2.05, 4.69) is 15.6 Å². The average molecular weight is 432 g/mol. The number of nitrogens with one attached hydrogen (secondary N) is 2. The van der Waals surface area contributed by atoms with E-state index >= 15 is 0 Å². The zero-order valence-corrected chi connectivity index (χ0v) is 18.2. The number of anilines is 2. The van der Waals surface area contributed by atoms with Crippen LogP contribution in [0.5, 0.6) is 0 Å². The van der Waals surface area contributed by atoms with Gasteiger partial charge in [0.1, 0.15) is 0 Å². The van der Waals surface area contributed by atoms with Crippen LogP contribution in [0.1, 0.15) is 36.9 Å². The molecular weight excluding hydrogens is 406 g/mol. The predicted molar refractivity (Wildman–Crippen MR) is 128 cm³/mol. The van der Waals surface area contributed by atoms with E-state index in [0.717, 1.165) is 72.4 Å². The highest BCUT2D eigenvalue weighted by atomic mass is 35.5. The van der Waals surface area contributed by atoms with E-state index < -0.39 is 0 Å². The third kappa shape index (κ3) is 5.74. The van der Waals surface area contributed by atoms with Crippen LogP contribution in [0.25, 0.3) is 5.57 Å². The SMILES string of the molecule is O=C(Nc1ccc(NCCc2ccccn2)cc1)C1=C(c2ccc(Cl)cc2)CCCC1. The summed E-state index contributed by atoms with van der Waals surface area (Å²) < 4.78 is 0. The van der Waals surface area contributed by atoms with Gasteiger partial charge in [0, 0.05) is 46.8 Å². The number of halogens is 1. The van der Waals surface area contributed by atoms with Gasteiger partial charge in [-0.25, -0.2) is 0 Å². The van der Waals surface area contributed by atoms with Crippen molar-refractivity contribution >= 4 is 34.5 Å². The molecule has 1 amide bonds. The number of amides is 1. The lowest BCUT2D eigenvalue weighted by molar-refractivity contribution is -0.113. The molecule has 4 nitrogen and oxygen atoms in total. The molecule has 0 radical (unpaired) electrons. The normalized spacial score (nSPS) is 13.7. The fourth-order valence-corrected chi connectivity index (χ4v) is 4.01. The Kier molecular flexibility index (Phi) is 7.00. The Hall–Kier alpha value is -3.11. The van der Waals surface area contributed by atoms with E-state index in [0.29, 0.717) is 5.02 Å². The number of hydrogen-bond acceptors (Lipinski definition) is 3. The van der Waals surface area contributed by atoms with E-state index in [1.807, 2.05) is 72.9 Å². The molecule has 2 aromatic carbocycles. The van der Waals surface area contributed by atoms with Gasteiger partial charge in [-0.05, 0) is 85.4 Å². The molecule has 1 heterocycles. The minimum absolute atomic E-state index is 0.0134. The van der Waals surface area contributed by atoms with Crippen LogP contribution in [0.4, 0.5) is 11.4 Å². The molecule has 0 saturated carbocycles. The Morgan fingerprint density at radius 3 is 2.39 bits per heavy atom. The maximum Gasteiger partial charge on any atom is 0.251 e. The highest BCUT2D eigenvalue weighted by Crippen LogP contribution is 2.33. The van der Waals surface area contributed by atoms with Gasteiger partial charge >= 0.3 is 0 Å². The summed E-state index contributed by atoms with van der Waals surface area (Å²) in [5.74, 6) is -0.0134. The summed E-state index contributed by atoms with van der Waals surface area (Å²) in [5, 5.41) is 7.18. The molecule has 1 aromatic heterocycles. The monoisotopic (exact) mass is 431 g/mol. The predicted octanol–water partition coefficient (Wildman–Crippen LogP) is 6.36. The lowest BCUT2D eigenvalue weighted by atomic mass is 9.87. The standard InChI is InChI=1S/C26H26ClN3O/c27-20-10-8-19(9-11-20)24-6-1-2-7-25(24)26(31)30-23-14-12-22(13-15-23)29-18-16-21-5-3-4-17-28-21/h3-5,8-15,17,29H,1-2,6-7,16,18H2,(H,30,31). The van der Waals surface area contributed by atoms with E-state index in [-0.39, 0.29) is 5.91 Å². The highest BCUT2D eigenvalue weighted by molar-refractivity contribution is 6.30. The first-order chi connectivity index (χ1) is 15.2. The number of pyridine rings is 1. The van der Waals surface area contributed by atoms with Crippen LogP contribution in [-0.4, -0.2) is 17.4 Å². The Morgan fingerprint density at radius 2 is 1.65 bits per heavy atom. The molecule has 5 heteroatoms. The van der Waals surface area contributed by atoms with Crippen LogP contribution in [-0.2, 0) is 11.2 Å². The molecule has 31 heavy (non-hydrogen) atoms. The summed E-state index contributed by atoms with van der Waals surface area (Å²) in [4.78, 5) is 17.3. The van der Waals surface area contributed by atoms with Crippen LogP contribution < -0.4 is 10.6 Å². The number of hydrogen-bond donors (Lipinski definition) is 2. The van der Waals surface area contributed by atoms with E-state index in [4.69, 9.17) is 11.6 Å². The van der Waals surface area contributed by atoms with E-state index in [1.54, 1.807) is 0 Å². The Bertz CT molecular complexity index is 1040. The second kappa shape index (κ2) is 10.3. The van der Waals surface area contributed by atoms with Crippen molar-refractivity contribution in [3.63, 3.8) is 0 Å². The number of carbonyl (C=O) groups is 1. The van der Waals surface area contributed by atoms with Gasteiger partial charge in [-0.15, -0.1) is 0 Å². The van der Waals surface area contributed by atoms with Crippen molar-refractivity contribution in [3.05, 3.63) is 94.8 Å². The maximum absolute atomic E-state index is 13.0. The Labute approximate surface area is 188 Å². The van der Waals surface area contributed by atoms with Crippen LogP contribution in [0, 0.1) is 0 Å². The molecule has 0 unspecified atom stereocenters. The van der Waals surface area contributed by atoms with Crippen molar-refractivity contribution in [2.75, 3.05) is 17.2 Å². The van der Waals surface area contributed by atoms with Gasteiger partial charge in [-0.3, -0.25) is 9.78 Å². The highest BCUT2D eigenvalue weighted by Gasteiger charge is 2.20. The summed E-state index contributed by atoms with van der Waals surface area (Å²) in [7, 11) is 0. The third-order valence-electron chi connectivity index (χ3n) is 5.51. The van der Waals surface area contributed by atoms with Gasteiger partial charge in [0.05, 0.1) is 0 Å². The first-order valence-corrected chi connectivity index (χ1v) is 11.1. The van der Waals surface area contributed by atoms with Gasteiger partial charge in [-0.2, -0.15) is 0 Å². The smallest absolute Gasteiger partial charge is 0.251 e. The summed E-state index contributed by atoms with van der Waals surface area (Å²) in [6.45, 7) is 0.806. The summed E-state index contributed by atoms with van der Waals surface area (Å²) in [6, 6.07) is 21.6. The summed E-state index contributed by atoms with van der Waals surface area (Å²) in [6.07, 6.45) is 6.54. The maximum atomic E-state index is 13.0. The molecule has 1 aliphatic carbocycles. The van der Waals surface area contributed by atoms with Crippen molar-refractivity contribution in [3.8, 4) is 0 Å². The van der Waals surface area contributed by atoms with Gasteiger partial charge in [0.2, 0.25) is 0 Å². The number of rotatable bonds is 7. The molecule has 3 aromatic rings. The molecule has 158 valence electrons. The molecule has 0 spiro atoms. The molecule has 0 fully saturated rings. The molecule has 0 aliphatic heterocycles. The lowest BCUT2D eigenvalue weighted by Crippen LogP contribution is -2.18. The van der Waals surface area contributed by atoms with Crippen LogP contribution in [0.15, 0.2) is 78.5 Å². The third-order valence-corrected chi connectivity index (χ3v) is 5.77. The zero-order chi connectivity index (χ0) is 21.5. The molecule has 2 N–H and O–H groups in total. The van der Waals surface area contributed by atoms with Crippen molar-refractivity contribution < 1.29 is 4.79 Å². The van der Waals surface area contributed by atoms with Crippen molar-refractivity contribution in [2.45, 2.75) is 32.1 Å². The van der Waals surface area contributed by atoms with Gasteiger partial charge < -0.3 is 10.6 Å². The fourth-order valence-electron chi connectivity index (χ4n) is 3.88. The van der Waals surface area contributed by atoms with E-state index in [9.17, 15) is 4.79 Å². The minimum Gasteiger partial charge on any atom is -0.385 e. The number of carbonyl (C=O) groups excluding carboxylic acids is 1. The Morgan fingerprint density at radius 1 is 0.903 bits per heavy atom. The summed E-state index contributed by atoms with van der Waals surface area (Å²) >= 11 is 6.03. The van der Waals surface area contributed by atoms with Crippen molar-refractivity contribution in [1.29, 1.82) is 0 Å². The van der Waals surface area contributed by atoms with E-state index in [1.165, 1.54) is 0 Å². The topological polar surface area (TPSA) is 54.0 Å². The van der Waals surface area contributed by atoms with Crippen LogP contribution in [0.3, 0.4) is 0 Å². The van der Waals surface area contributed by atoms with Gasteiger partial charge in [-0.1, -0.05) is 29.8 Å². The van der Waals surface area contributed by atoms with Crippen molar-refractivity contribution in [2.24, 2.45) is 0 Å². The summed E-state index contributed by atoms with van der Waals surface area (Å²) in [5.41, 5.74) is 5.98. The first-order valence-electron chi connectivity index (χ1n) is 10.7. The Balaban J connectivity index is 1.38. The molecule has 4 rings (SSSR count). The zero-order valence-electron chi connectivity index (χ0n) is 17.4. The number of nitrogens with zero attached hydrogens (tertiary/aromatic N) is 1. The van der Waals surface area contributed by atoms with Crippen LogP contribution in [0.2, 0.25) is 5.02 Å². The minimum atomic E-state index is -0.0134. The second-order valence-corrected chi connectivity index (χ2v) is 8.14. The molecule has 0 bridgehead atoms. The van der Waals surface area contributed by atoms with Crippen molar-refractivity contribution in [1.82, 2.24) is 4.98 Å². The van der Waals surface area contributed by atoms with Gasteiger partial charge in [0.15, 0.2) is 0 Å². The lowest BCUT2D eigenvalue weighted by Gasteiger charge is -2.20. The largest absolute Gasteiger partial charge is 0.385 e. The number of aromatic nitrogens is 1. The van der Waals surface area contributed by atoms with Gasteiger partial charge in [0.25, 0.3) is 5.91 Å². The molecular formula is C26H26ClN3O. The number of benzene rings is 2. The fraction of sp³-hybridized carbons (Fsp3) is 0.231. The first kappa shape index (κ1) is 21.1. The molecule has 1 aliphatic rings. The number of allylic oxidation sites excluding steroid dienone is 1. The second-order valence-electron chi connectivity index (χ2n) is 7.70.